The second kappa shape index (κ2) is 6.52. The molecular weight excluding hydrogens is 228 g/mol. The van der Waals surface area contributed by atoms with Crippen molar-refractivity contribution in [2.45, 2.75) is 19.4 Å². The Morgan fingerprint density at radius 1 is 1.50 bits per heavy atom. The van der Waals surface area contributed by atoms with E-state index in [0.717, 1.165) is 25.3 Å². The van der Waals surface area contributed by atoms with Crippen LogP contribution in [-0.4, -0.2) is 25.6 Å². The minimum absolute atomic E-state index is 0.395. The molecule has 1 atom stereocenters. The van der Waals surface area contributed by atoms with Crippen LogP contribution in [-0.2, 0) is 11.3 Å². The summed E-state index contributed by atoms with van der Waals surface area (Å²) in [7, 11) is 0. The highest BCUT2D eigenvalue weighted by Crippen LogP contribution is 2.12. The van der Waals surface area contributed by atoms with Gasteiger partial charge in [0.05, 0.1) is 13.2 Å². The third-order valence-electron chi connectivity index (χ3n) is 3.23. The summed E-state index contributed by atoms with van der Waals surface area (Å²) in [6.45, 7) is 3.48. The fourth-order valence-electron chi connectivity index (χ4n) is 2.22. The van der Waals surface area contributed by atoms with Gasteiger partial charge in [0, 0.05) is 12.1 Å². The van der Waals surface area contributed by atoms with Crippen LogP contribution < -0.4 is 11.1 Å². The molecular formula is C14H20N2O2. The Labute approximate surface area is 108 Å². The van der Waals surface area contributed by atoms with E-state index in [1.807, 2.05) is 12.1 Å². The van der Waals surface area contributed by atoms with Crippen molar-refractivity contribution in [3.8, 4) is 0 Å². The van der Waals surface area contributed by atoms with Crippen molar-refractivity contribution >= 4 is 5.91 Å². The summed E-state index contributed by atoms with van der Waals surface area (Å²) in [4.78, 5) is 11.0. The molecule has 1 amide bonds. The lowest BCUT2D eigenvalue weighted by atomic mass is 10.0. The van der Waals surface area contributed by atoms with Gasteiger partial charge >= 0.3 is 0 Å². The predicted octanol–water partition coefficient (Wildman–Crippen LogP) is 1.30. The maximum absolute atomic E-state index is 11.0. The van der Waals surface area contributed by atoms with Crippen LogP contribution in [0.2, 0.25) is 0 Å². The molecule has 2 rings (SSSR count). The second-order valence-electron chi connectivity index (χ2n) is 4.79. The van der Waals surface area contributed by atoms with Crippen LogP contribution in [0.5, 0.6) is 0 Å². The zero-order valence-electron chi connectivity index (χ0n) is 10.5. The van der Waals surface area contributed by atoms with Crippen LogP contribution >= 0.6 is 0 Å². The number of hydrogen-bond acceptors (Lipinski definition) is 3. The van der Waals surface area contributed by atoms with Gasteiger partial charge in [-0.1, -0.05) is 12.1 Å². The molecule has 0 spiro atoms. The average molecular weight is 248 g/mol. The number of carbonyl (C=O) groups excluding carboxylic acids is 1. The van der Waals surface area contributed by atoms with Gasteiger partial charge in [-0.05, 0) is 43.0 Å². The number of nitrogens with two attached hydrogens (primary N) is 1. The molecule has 18 heavy (non-hydrogen) atoms. The van der Waals surface area contributed by atoms with Crippen molar-refractivity contribution in [2.75, 3.05) is 19.7 Å². The molecule has 1 unspecified atom stereocenters. The molecule has 0 bridgehead atoms. The number of benzene rings is 1. The number of amides is 1. The summed E-state index contributed by atoms with van der Waals surface area (Å²) >= 11 is 0. The van der Waals surface area contributed by atoms with E-state index < -0.39 is 5.91 Å². The van der Waals surface area contributed by atoms with Crippen molar-refractivity contribution in [3.05, 3.63) is 35.4 Å². The maximum Gasteiger partial charge on any atom is 0.248 e. The van der Waals surface area contributed by atoms with Gasteiger partial charge in [-0.25, -0.2) is 0 Å². The molecule has 3 N–H and O–H groups in total. The molecule has 1 heterocycles. The number of carbonyl (C=O) groups is 1. The topological polar surface area (TPSA) is 64.4 Å². The van der Waals surface area contributed by atoms with E-state index in [1.165, 1.54) is 12.8 Å². The Hall–Kier alpha value is -1.39. The average Bonchev–Trinajstić information content (AvgIpc) is 2.40. The smallest absolute Gasteiger partial charge is 0.248 e. The minimum atomic E-state index is -0.395. The number of hydrogen-bond donors (Lipinski definition) is 2. The first kappa shape index (κ1) is 13.1. The molecule has 1 aliphatic heterocycles. The standard InChI is InChI=1S/C14H20N2O2/c15-14(17)13-5-1-3-11(7-13)9-18-10-12-4-2-6-16-8-12/h1,3,5,7,12,16H,2,4,6,8-10H2,(H2,15,17). The monoisotopic (exact) mass is 248 g/mol. The van der Waals surface area contributed by atoms with E-state index in [2.05, 4.69) is 5.32 Å². The first-order valence-corrected chi connectivity index (χ1v) is 6.43. The fourth-order valence-corrected chi connectivity index (χ4v) is 2.22. The molecule has 98 valence electrons. The number of ether oxygens (including phenoxy) is 1. The molecule has 1 fully saturated rings. The van der Waals surface area contributed by atoms with E-state index in [4.69, 9.17) is 10.5 Å². The highest BCUT2D eigenvalue weighted by atomic mass is 16.5. The SMILES string of the molecule is NC(=O)c1cccc(COCC2CCCNC2)c1. The van der Waals surface area contributed by atoms with Gasteiger partial charge in [0.2, 0.25) is 5.91 Å². The summed E-state index contributed by atoms with van der Waals surface area (Å²) in [5, 5.41) is 3.37. The zero-order valence-corrected chi connectivity index (χ0v) is 10.5. The lowest BCUT2D eigenvalue weighted by molar-refractivity contribution is 0.0782. The second-order valence-corrected chi connectivity index (χ2v) is 4.79. The Morgan fingerprint density at radius 3 is 3.11 bits per heavy atom. The first-order chi connectivity index (χ1) is 8.75. The van der Waals surface area contributed by atoms with Crippen LogP contribution in [0.4, 0.5) is 0 Å². The van der Waals surface area contributed by atoms with E-state index in [0.29, 0.717) is 18.1 Å². The number of rotatable bonds is 5. The summed E-state index contributed by atoms with van der Waals surface area (Å²) < 4.78 is 5.70. The van der Waals surface area contributed by atoms with Crippen molar-refractivity contribution in [3.63, 3.8) is 0 Å². The van der Waals surface area contributed by atoms with Gasteiger partial charge in [0.1, 0.15) is 0 Å². The molecule has 0 radical (unpaired) electrons. The summed E-state index contributed by atoms with van der Waals surface area (Å²) in [6, 6.07) is 7.30. The molecule has 4 nitrogen and oxygen atoms in total. The van der Waals surface area contributed by atoms with Crippen LogP contribution in [0.15, 0.2) is 24.3 Å². The van der Waals surface area contributed by atoms with Crippen LogP contribution in [0.25, 0.3) is 0 Å². The van der Waals surface area contributed by atoms with Gasteiger partial charge in [-0.15, -0.1) is 0 Å². The highest BCUT2D eigenvalue weighted by molar-refractivity contribution is 5.92. The Balaban J connectivity index is 1.78. The molecule has 1 saturated heterocycles. The zero-order chi connectivity index (χ0) is 12.8. The van der Waals surface area contributed by atoms with Gasteiger partial charge in [-0.2, -0.15) is 0 Å². The number of nitrogens with one attached hydrogen (secondary N) is 1. The normalized spacial score (nSPS) is 19.7. The minimum Gasteiger partial charge on any atom is -0.376 e. The van der Waals surface area contributed by atoms with Gasteiger partial charge < -0.3 is 15.8 Å². The van der Waals surface area contributed by atoms with Crippen molar-refractivity contribution < 1.29 is 9.53 Å². The van der Waals surface area contributed by atoms with E-state index in [-0.39, 0.29) is 0 Å². The third-order valence-corrected chi connectivity index (χ3v) is 3.23. The number of primary amides is 1. The number of piperidine rings is 1. The lowest BCUT2D eigenvalue weighted by Crippen LogP contribution is -2.32. The molecule has 1 aromatic carbocycles. The van der Waals surface area contributed by atoms with Gasteiger partial charge in [0.25, 0.3) is 0 Å². The third kappa shape index (κ3) is 3.82. The maximum atomic E-state index is 11.0. The van der Waals surface area contributed by atoms with E-state index in [1.54, 1.807) is 12.1 Å². The Bertz CT molecular complexity index is 401. The van der Waals surface area contributed by atoms with Crippen molar-refractivity contribution in [2.24, 2.45) is 11.7 Å². The summed E-state index contributed by atoms with van der Waals surface area (Å²) in [6.07, 6.45) is 2.46. The summed E-state index contributed by atoms with van der Waals surface area (Å²) in [5.41, 5.74) is 6.77. The molecule has 1 aliphatic rings. The van der Waals surface area contributed by atoms with Gasteiger partial charge in [0.15, 0.2) is 0 Å². The molecule has 0 saturated carbocycles. The first-order valence-electron chi connectivity index (χ1n) is 6.43. The van der Waals surface area contributed by atoms with Crippen molar-refractivity contribution in [1.82, 2.24) is 5.32 Å². The van der Waals surface area contributed by atoms with Crippen LogP contribution in [0.1, 0.15) is 28.8 Å². The van der Waals surface area contributed by atoms with Crippen LogP contribution in [0, 0.1) is 5.92 Å². The molecule has 0 aromatic heterocycles. The van der Waals surface area contributed by atoms with Gasteiger partial charge in [-0.3, -0.25) is 4.79 Å². The predicted molar refractivity (Wildman–Crippen MR) is 70.2 cm³/mol. The van der Waals surface area contributed by atoms with E-state index in [9.17, 15) is 4.79 Å². The molecule has 4 heteroatoms. The Morgan fingerprint density at radius 2 is 2.39 bits per heavy atom. The van der Waals surface area contributed by atoms with Crippen molar-refractivity contribution in [1.29, 1.82) is 0 Å². The quantitative estimate of drug-likeness (QED) is 0.825. The lowest BCUT2D eigenvalue weighted by Gasteiger charge is -2.22. The molecule has 1 aromatic rings. The molecule has 0 aliphatic carbocycles. The fraction of sp³-hybridized carbons (Fsp3) is 0.500. The van der Waals surface area contributed by atoms with E-state index >= 15 is 0 Å². The highest BCUT2D eigenvalue weighted by Gasteiger charge is 2.12. The summed E-state index contributed by atoms with van der Waals surface area (Å²) in [5.74, 6) is 0.214. The largest absolute Gasteiger partial charge is 0.376 e. The van der Waals surface area contributed by atoms with Crippen LogP contribution in [0.3, 0.4) is 0 Å². The Kier molecular flexibility index (Phi) is 4.73.